The highest BCUT2D eigenvalue weighted by Gasteiger charge is 2.27. The highest BCUT2D eigenvalue weighted by Crippen LogP contribution is 2.13. The van der Waals surface area contributed by atoms with Crippen molar-refractivity contribution < 1.29 is 14.3 Å². The van der Waals surface area contributed by atoms with Crippen molar-refractivity contribution in [2.24, 2.45) is 11.7 Å². The number of nitrogens with two attached hydrogens (primary N) is 1. The molecular weight excluding hydrogens is 296 g/mol. The Bertz CT molecular complexity index is 728. The van der Waals surface area contributed by atoms with E-state index >= 15 is 0 Å². The van der Waals surface area contributed by atoms with E-state index in [4.69, 9.17) is 10.5 Å². The number of hydrogen-bond donors (Lipinski definition) is 2. The van der Waals surface area contributed by atoms with E-state index in [1.807, 2.05) is 24.3 Å². The van der Waals surface area contributed by atoms with Gasteiger partial charge in [0.25, 0.3) is 0 Å². The predicted molar refractivity (Wildman–Crippen MR) is 83.3 cm³/mol. The maximum Gasteiger partial charge on any atom is 0.240 e. The summed E-state index contributed by atoms with van der Waals surface area (Å²) in [5.74, 6) is -1.02. The van der Waals surface area contributed by atoms with Crippen LogP contribution in [0.5, 0.6) is 0 Å². The van der Waals surface area contributed by atoms with Crippen LogP contribution in [-0.4, -0.2) is 41.0 Å². The Labute approximate surface area is 133 Å². The molecule has 0 unspecified atom stereocenters. The molecule has 0 spiro atoms. The third kappa shape index (κ3) is 3.62. The molecule has 2 heterocycles. The first-order valence-corrected chi connectivity index (χ1v) is 7.51. The minimum atomic E-state index is -0.807. The molecule has 1 aromatic heterocycles. The summed E-state index contributed by atoms with van der Waals surface area (Å²) in [5.41, 5.74) is 7.53. The van der Waals surface area contributed by atoms with Gasteiger partial charge in [-0.15, -0.1) is 0 Å². The van der Waals surface area contributed by atoms with Crippen LogP contribution in [0.25, 0.3) is 11.0 Å². The number of rotatable bonds is 5. The van der Waals surface area contributed by atoms with Gasteiger partial charge < -0.3 is 15.8 Å². The van der Waals surface area contributed by atoms with Crippen LogP contribution in [0.3, 0.4) is 0 Å². The molecule has 2 atom stereocenters. The Hall–Kier alpha value is -2.54. The second-order valence-corrected chi connectivity index (χ2v) is 5.58. The maximum absolute atomic E-state index is 12.1. The molecule has 0 aliphatic carbocycles. The molecule has 7 heteroatoms. The number of benzene rings is 1. The van der Waals surface area contributed by atoms with Crippen LogP contribution >= 0.6 is 0 Å². The van der Waals surface area contributed by atoms with E-state index in [1.54, 1.807) is 6.20 Å². The smallest absolute Gasteiger partial charge is 0.240 e. The molecule has 0 saturated carbocycles. The minimum Gasteiger partial charge on any atom is -0.381 e. The number of amides is 2. The van der Waals surface area contributed by atoms with Crippen molar-refractivity contribution in [3.05, 3.63) is 36.2 Å². The van der Waals surface area contributed by atoms with Crippen molar-refractivity contribution in [2.75, 3.05) is 13.2 Å². The molecule has 0 radical (unpaired) electrons. The van der Waals surface area contributed by atoms with Gasteiger partial charge in [-0.05, 0) is 18.6 Å². The van der Waals surface area contributed by atoms with Gasteiger partial charge in [0.05, 0.1) is 29.3 Å². The van der Waals surface area contributed by atoms with Crippen molar-refractivity contribution in [3.63, 3.8) is 0 Å². The predicted octanol–water partition coefficient (Wildman–Crippen LogP) is 0.179. The fourth-order valence-corrected chi connectivity index (χ4v) is 2.56. The van der Waals surface area contributed by atoms with Crippen molar-refractivity contribution in [1.82, 2.24) is 15.3 Å². The molecule has 2 amide bonds. The van der Waals surface area contributed by atoms with E-state index in [9.17, 15) is 9.59 Å². The summed E-state index contributed by atoms with van der Waals surface area (Å²) >= 11 is 0. The van der Waals surface area contributed by atoms with E-state index < -0.39 is 11.9 Å². The van der Waals surface area contributed by atoms with E-state index in [1.165, 1.54) is 0 Å². The van der Waals surface area contributed by atoms with Gasteiger partial charge >= 0.3 is 0 Å². The number of aromatic nitrogens is 2. The van der Waals surface area contributed by atoms with Gasteiger partial charge in [-0.25, -0.2) is 4.98 Å². The summed E-state index contributed by atoms with van der Waals surface area (Å²) in [7, 11) is 0. The lowest BCUT2D eigenvalue weighted by Gasteiger charge is -2.17. The van der Waals surface area contributed by atoms with Crippen LogP contribution in [0, 0.1) is 5.92 Å². The number of ether oxygens (including phenoxy) is 1. The van der Waals surface area contributed by atoms with Gasteiger partial charge in [0.1, 0.15) is 6.04 Å². The molecule has 3 N–H and O–H groups in total. The lowest BCUT2D eigenvalue weighted by Crippen LogP contribution is -2.48. The van der Waals surface area contributed by atoms with E-state index in [0.717, 1.165) is 11.0 Å². The highest BCUT2D eigenvalue weighted by molar-refractivity contribution is 5.88. The molecule has 1 saturated heterocycles. The molecule has 1 aliphatic rings. The van der Waals surface area contributed by atoms with E-state index in [2.05, 4.69) is 15.3 Å². The van der Waals surface area contributed by atoms with Crippen LogP contribution < -0.4 is 11.1 Å². The number of nitrogens with zero attached hydrogens (tertiary/aromatic N) is 2. The first kappa shape index (κ1) is 15.4. The third-order valence-corrected chi connectivity index (χ3v) is 3.87. The molecular formula is C16H18N4O3. The number of nitrogens with one attached hydrogen (secondary N) is 1. The number of carbonyl (C=O) groups is 2. The normalized spacial score (nSPS) is 18.7. The van der Waals surface area contributed by atoms with Crippen LogP contribution in [0.1, 0.15) is 12.1 Å². The average molecular weight is 314 g/mol. The summed E-state index contributed by atoms with van der Waals surface area (Å²) in [6.45, 7) is 0.947. The monoisotopic (exact) mass is 314 g/mol. The SMILES string of the molecule is NC(=O)[C@@H](Cc1cnc2ccccc2n1)NC(=O)[C@H]1CCOC1. The topological polar surface area (TPSA) is 107 Å². The fraction of sp³-hybridized carbons (Fsp3) is 0.375. The molecule has 23 heavy (non-hydrogen) atoms. The zero-order valence-electron chi connectivity index (χ0n) is 12.6. The van der Waals surface area contributed by atoms with E-state index in [0.29, 0.717) is 25.3 Å². The van der Waals surface area contributed by atoms with E-state index in [-0.39, 0.29) is 18.2 Å². The molecule has 1 aliphatic heterocycles. The lowest BCUT2D eigenvalue weighted by atomic mass is 10.1. The van der Waals surface area contributed by atoms with Crippen LogP contribution in [-0.2, 0) is 20.7 Å². The molecule has 2 aromatic rings. The average Bonchev–Trinajstić information content (AvgIpc) is 3.08. The van der Waals surface area contributed by atoms with Gasteiger partial charge in [0.2, 0.25) is 11.8 Å². The lowest BCUT2D eigenvalue weighted by molar-refractivity contribution is -0.129. The standard InChI is InChI=1S/C16H18N4O3/c17-15(21)14(20-16(22)10-5-6-23-9-10)7-11-8-18-12-3-1-2-4-13(12)19-11/h1-4,8,10,14H,5-7,9H2,(H2,17,21)(H,20,22)/t10-,14+/m0/s1. The number of fused-ring (bicyclic) bond motifs is 1. The van der Waals surface area contributed by atoms with Crippen molar-refractivity contribution >= 4 is 22.8 Å². The summed E-state index contributed by atoms with van der Waals surface area (Å²) in [4.78, 5) is 32.5. The Balaban J connectivity index is 1.72. The Morgan fingerprint density at radius 3 is 2.83 bits per heavy atom. The summed E-state index contributed by atoms with van der Waals surface area (Å²) in [6.07, 6.45) is 2.47. The molecule has 1 aromatic carbocycles. The molecule has 3 rings (SSSR count). The second kappa shape index (κ2) is 6.70. The van der Waals surface area contributed by atoms with Gasteiger partial charge in [0.15, 0.2) is 0 Å². The van der Waals surface area contributed by atoms with Crippen molar-refractivity contribution in [1.29, 1.82) is 0 Å². The number of primary amides is 1. The molecule has 120 valence electrons. The van der Waals surface area contributed by atoms with Crippen LogP contribution in [0.15, 0.2) is 30.5 Å². The number of para-hydroxylation sites is 2. The Morgan fingerprint density at radius 2 is 2.13 bits per heavy atom. The first-order valence-electron chi connectivity index (χ1n) is 7.51. The number of carbonyl (C=O) groups excluding carboxylic acids is 2. The van der Waals surface area contributed by atoms with Crippen LogP contribution in [0.4, 0.5) is 0 Å². The van der Waals surface area contributed by atoms with Gasteiger partial charge in [-0.3, -0.25) is 14.6 Å². The fourth-order valence-electron chi connectivity index (χ4n) is 2.56. The molecule has 0 bridgehead atoms. The second-order valence-electron chi connectivity index (χ2n) is 5.58. The summed E-state index contributed by atoms with van der Waals surface area (Å²) in [5, 5.41) is 2.69. The summed E-state index contributed by atoms with van der Waals surface area (Å²) in [6, 6.07) is 6.65. The van der Waals surface area contributed by atoms with Gasteiger partial charge in [0, 0.05) is 19.2 Å². The summed E-state index contributed by atoms with van der Waals surface area (Å²) < 4.78 is 5.19. The highest BCUT2D eigenvalue weighted by atomic mass is 16.5. The molecule has 7 nitrogen and oxygen atoms in total. The van der Waals surface area contributed by atoms with Crippen molar-refractivity contribution in [2.45, 2.75) is 18.9 Å². The van der Waals surface area contributed by atoms with Crippen molar-refractivity contribution in [3.8, 4) is 0 Å². The zero-order chi connectivity index (χ0) is 16.2. The van der Waals surface area contributed by atoms with Gasteiger partial charge in [-0.2, -0.15) is 0 Å². The first-order chi connectivity index (χ1) is 11.1. The number of hydrogen-bond acceptors (Lipinski definition) is 5. The maximum atomic E-state index is 12.1. The zero-order valence-corrected chi connectivity index (χ0v) is 12.6. The quantitative estimate of drug-likeness (QED) is 0.818. The Morgan fingerprint density at radius 1 is 1.35 bits per heavy atom. The Kier molecular flexibility index (Phi) is 4.47. The molecule has 1 fully saturated rings. The third-order valence-electron chi connectivity index (χ3n) is 3.87. The minimum absolute atomic E-state index is 0.208. The largest absolute Gasteiger partial charge is 0.381 e. The van der Waals surface area contributed by atoms with Gasteiger partial charge in [-0.1, -0.05) is 12.1 Å². The van der Waals surface area contributed by atoms with Crippen LogP contribution in [0.2, 0.25) is 0 Å².